The lowest BCUT2D eigenvalue weighted by Crippen LogP contribution is -2.35. The molecule has 0 aliphatic carbocycles. The number of nitrogens with one attached hydrogen (secondary N) is 1. The molecular weight excluding hydrogens is 372 g/mol. The molecular formula is C22H26N2O3S. The second-order valence-corrected chi connectivity index (χ2v) is 9.65. The fourth-order valence-corrected chi connectivity index (χ4v) is 4.78. The first-order valence-electron chi connectivity index (χ1n) is 9.40. The van der Waals surface area contributed by atoms with Gasteiger partial charge in [-0.25, -0.2) is 8.42 Å². The molecule has 1 saturated heterocycles. The molecule has 1 N–H and O–H groups in total. The van der Waals surface area contributed by atoms with Gasteiger partial charge in [-0.3, -0.25) is 9.10 Å². The van der Waals surface area contributed by atoms with Gasteiger partial charge in [0.15, 0.2) is 0 Å². The van der Waals surface area contributed by atoms with Gasteiger partial charge >= 0.3 is 0 Å². The highest BCUT2D eigenvalue weighted by molar-refractivity contribution is 7.93. The van der Waals surface area contributed by atoms with Gasteiger partial charge in [0.05, 0.1) is 11.4 Å². The van der Waals surface area contributed by atoms with Gasteiger partial charge in [0, 0.05) is 24.6 Å². The van der Waals surface area contributed by atoms with Crippen LogP contribution >= 0.6 is 0 Å². The Bertz CT molecular complexity index is 949. The fourth-order valence-electron chi connectivity index (χ4n) is 3.21. The van der Waals surface area contributed by atoms with Crippen LogP contribution in [0.15, 0.2) is 60.7 Å². The quantitative estimate of drug-likeness (QED) is 0.759. The second kappa shape index (κ2) is 8.19. The molecule has 1 aliphatic rings. The molecule has 1 aliphatic heterocycles. The summed E-state index contributed by atoms with van der Waals surface area (Å²) >= 11 is 0. The van der Waals surface area contributed by atoms with Crippen LogP contribution in [0.25, 0.3) is 6.08 Å². The van der Waals surface area contributed by atoms with Crippen molar-refractivity contribution in [2.45, 2.75) is 25.7 Å². The Balaban J connectivity index is 1.57. The molecule has 2 aromatic rings. The van der Waals surface area contributed by atoms with Gasteiger partial charge in [-0.1, -0.05) is 56.3 Å². The van der Waals surface area contributed by atoms with Gasteiger partial charge in [0.25, 0.3) is 0 Å². The number of anilines is 1. The number of carbonyl (C=O) groups excluding carboxylic acids is 1. The first-order chi connectivity index (χ1) is 13.3. The van der Waals surface area contributed by atoms with Crippen LogP contribution in [0.3, 0.4) is 0 Å². The van der Waals surface area contributed by atoms with Crippen LogP contribution in [0.2, 0.25) is 0 Å². The van der Waals surface area contributed by atoms with Gasteiger partial charge in [-0.2, -0.15) is 0 Å². The zero-order chi connectivity index (χ0) is 20.2. The zero-order valence-corrected chi connectivity index (χ0v) is 17.1. The first-order valence-corrected chi connectivity index (χ1v) is 11.0. The summed E-state index contributed by atoms with van der Waals surface area (Å²) in [6, 6.07) is 17.3. The molecule has 0 unspecified atom stereocenters. The molecule has 6 heteroatoms. The molecule has 1 heterocycles. The molecule has 0 atom stereocenters. The summed E-state index contributed by atoms with van der Waals surface area (Å²) in [6.07, 6.45) is 3.89. The Morgan fingerprint density at radius 3 is 2.39 bits per heavy atom. The fraction of sp³-hybridized carbons (Fsp3) is 0.318. The van der Waals surface area contributed by atoms with Crippen molar-refractivity contribution < 1.29 is 13.2 Å². The van der Waals surface area contributed by atoms with E-state index >= 15 is 0 Å². The maximum Gasteiger partial charge on any atom is 0.244 e. The SMILES string of the molecule is CC(C)(CNC(=O)/C=C/c1ccc(N2CCCS2(=O)=O)cc1)c1ccccc1. The molecule has 1 fully saturated rings. The van der Waals surface area contributed by atoms with Crippen molar-refractivity contribution >= 4 is 27.7 Å². The molecule has 0 spiro atoms. The standard InChI is InChI=1S/C22H26N2O3S/c1-22(2,19-7-4-3-5-8-19)17-23-21(25)14-11-18-9-12-20(13-10-18)24-15-6-16-28(24,26)27/h3-5,7-14H,6,15-17H2,1-2H3,(H,23,25)/b14-11+. The van der Waals surface area contributed by atoms with Crippen LogP contribution in [0.1, 0.15) is 31.4 Å². The minimum Gasteiger partial charge on any atom is -0.352 e. The van der Waals surface area contributed by atoms with Crippen LogP contribution < -0.4 is 9.62 Å². The van der Waals surface area contributed by atoms with E-state index in [-0.39, 0.29) is 17.1 Å². The Morgan fingerprint density at radius 2 is 1.79 bits per heavy atom. The number of amides is 1. The van der Waals surface area contributed by atoms with Crippen LogP contribution in [-0.4, -0.2) is 33.2 Å². The lowest BCUT2D eigenvalue weighted by molar-refractivity contribution is -0.116. The van der Waals surface area contributed by atoms with Crippen LogP contribution in [0, 0.1) is 0 Å². The van der Waals surface area contributed by atoms with Crippen molar-refractivity contribution in [3.8, 4) is 0 Å². The maximum atomic E-state index is 12.2. The lowest BCUT2D eigenvalue weighted by Gasteiger charge is -2.25. The Morgan fingerprint density at radius 1 is 1.11 bits per heavy atom. The molecule has 0 aromatic heterocycles. The Labute approximate surface area is 167 Å². The van der Waals surface area contributed by atoms with Crippen molar-refractivity contribution in [2.75, 3.05) is 23.1 Å². The second-order valence-electron chi connectivity index (χ2n) is 7.63. The predicted octanol–water partition coefficient (Wildman–Crippen LogP) is 3.33. The van der Waals surface area contributed by atoms with Crippen molar-refractivity contribution in [1.29, 1.82) is 0 Å². The third-order valence-electron chi connectivity index (χ3n) is 4.97. The van der Waals surface area contributed by atoms with Gasteiger partial charge in [-0.05, 0) is 35.8 Å². The summed E-state index contributed by atoms with van der Waals surface area (Å²) in [6.45, 7) is 5.25. The molecule has 2 aromatic carbocycles. The highest BCUT2D eigenvalue weighted by Crippen LogP contribution is 2.24. The molecule has 148 valence electrons. The molecule has 0 saturated carbocycles. The molecule has 0 bridgehead atoms. The summed E-state index contributed by atoms with van der Waals surface area (Å²) in [4.78, 5) is 12.2. The van der Waals surface area contributed by atoms with Gasteiger partial charge in [0.1, 0.15) is 0 Å². The minimum absolute atomic E-state index is 0.157. The predicted molar refractivity (Wildman–Crippen MR) is 114 cm³/mol. The molecule has 1 amide bonds. The van der Waals surface area contributed by atoms with Crippen LogP contribution in [-0.2, 0) is 20.2 Å². The number of benzene rings is 2. The van der Waals surface area contributed by atoms with E-state index in [9.17, 15) is 13.2 Å². The van der Waals surface area contributed by atoms with Crippen molar-refractivity contribution in [3.63, 3.8) is 0 Å². The normalized spacial score (nSPS) is 16.4. The Kier molecular flexibility index (Phi) is 5.89. The topological polar surface area (TPSA) is 66.5 Å². The third-order valence-corrected chi connectivity index (χ3v) is 6.84. The summed E-state index contributed by atoms with van der Waals surface area (Å²) in [5.74, 6) is 0.0453. The highest BCUT2D eigenvalue weighted by atomic mass is 32.2. The number of hydrogen-bond acceptors (Lipinski definition) is 3. The van der Waals surface area contributed by atoms with Crippen LogP contribution in [0.4, 0.5) is 5.69 Å². The van der Waals surface area contributed by atoms with E-state index < -0.39 is 10.0 Å². The van der Waals surface area contributed by atoms with E-state index in [1.807, 2.05) is 30.3 Å². The van der Waals surface area contributed by atoms with Gasteiger partial charge in [0.2, 0.25) is 15.9 Å². The molecule has 5 nitrogen and oxygen atoms in total. The van der Waals surface area contributed by atoms with E-state index in [0.29, 0.717) is 25.2 Å². The molecule has 28 heavy (non-hydrogen) atoms. The van der Waals surface area contributed by atoms with E-state index in [1.165, 1.54) is 15.9 Å². The summed E-state index contributed by atoms with van der Waals surface area (Å²) in [5.41, 5.74) is 2.53. The monoisotopic (exact) mass is 398 g/mol. The maximum absolute atomic E-state index is 12.2. The van der Waals surface area contributed by atoms with E-state index in [4.69, 9.17) is 0 Å². The van der Waals surface area contributed by atoms with Gasteiger partial charge < -0.3 is 5.32 Å². The largest absolute Gasteiger partial charge is 0.352 e. The number of sulfonamides is 1. The number of nitrogens with zero attached hydrogens (tertiary/aromatic N) is 1. The van der Waals surface area contributed by atoms with Crippen molar-refractivity contribution in [1.82, 2.24) is 5.32 Å². The third kappa shape index (κ3) is 4.81. The first kappa shape index (κ1) is 20.1. The molecule has 3 rings (SSSR count). The van der Waals surface area contributed by atoms with Crippen molar-refractivity contribution in [2.24, 2.45) is 0 Å². The number of rotatable bonds is 6. The minimum atomic E-state index is -3.17. The lowest BCUT2D eigenvalue weighted by atomic mass is 9.84. The Hall–Kier alpha value is -2.60. The number of carbonyl (C=O) groups is 1. The summed E-state index contributed by atoms with van der Waals surface area (Å²) in [5, 5.41) is 2.95. The smallest absolute Gasteiger partial charge is 0.244 e. The average Bonchev–Trinajstić information content (AvgIpc) is 3.05. The van der Waals surface area contributed by atoms with E-state index in [0.717, 1.165) is 5.56 Å². The van der Waals surface area contributed by atoms with Crippen LogP contribution in [0.5, 0.6) is 0 Å². The van der Waals surface area contributed by atoms with E-state index in [1.54, 1.807) is 18.2 Å². The molecule has 0 radical (unpaired) electrons. The zero-order valence-electron chi connectivity index (χ0n) is 16.3. The van der Waals surface area contributed by atoms with E-state index in [2.05, 4.69) is 31.3 Å². The summed E-state index contributed by atoms with van der Waals surface area (Å²) in [7, 11) is -3.17. The average molecular weight is 399 g/mol. The number of hydrogen-bond donors (Lipinski definition) is 1. The highest BCUT2D eigenvalue weighted by Gasteiger charge is 2.28. The summed E-state index contributed by atoms with van der Waals surface area (Å²) < 4.78 is 25.4. The van der Waals surface area contributed by atoms with Gasteiger partial charge in [-0.15, -0.1) is 0 Å². The van der Waals surface area contributed by atoms with Crippen molar-refractivity contribution in [3.05, 3.63) is 71.8 Å².